The Kier molecular flexibility index (Phi) is 3.62. The molecule has 0 saturated carbocycles. The maximum Gasteiger partial charge on any atom is 0.255 e. The van der Waals surface area contributed by atoms with Gasteiger partial charge in [0.1, 0.15) is 4.83 Å². The van der Waals surface area contributed by atoms with E-state index in [1.54, 1.807) is 5.38 Å². The van der Waals surface area contributed by atoms with Gasteiger partial charge in [-0.2, -0.15) is 0 Å². The Morgan fingerprint density at radius 2 is 1.95 bits per heavy atom. The lowest BCUT2D eigenvalue weighted by molar-refractivity contribution is 0.102. The van der Waals surface area contributed by atoms with Gasteiger partial charge in [-0.15, -0.1) is 11.3 Å². The Morgan fingerprint density at radius 3 is 2.68 bits per heavy atom. The van der Waals surface area contributed by atoms with E-state index in [1.165, 1.54) is 17.4 Å². The number of anilines is 1. The van der Waals surface area contributed by atoms with Gasteiger partial charge < -0.3 is 5.32 Å². The van der Waals surface area contributed by atoms with Crippen molar-refractivity contribution in [3.8, 4) is 0 Å². The summed E-state index contributed by atoms with van der Waals surface area (Å²) in [5.74, 6) is -2.51. The summed E-state index contributed by atoms with van der Waals surface area (Å²) in [6.45, 7) is 3.85. The zero-order chi connectivity index (χ0) is 15.9. The quantitative estimate of drug-likeness (QED) is 0.759. The third-order valence-electron chi connectivity index (χ3n) is 3.30. The lowest BCUT2D eigenvalue weighted by atomic mass is 10.1. The van der Waals surface area contributed by atoms with E-state index in [0.717, 1.165) is 33.6 Å². The molecule has 1 N–H and O–H groups in total. The number of amides is 1. The van der Waals surface area contributed by atoms with Crippen LogP contribution < -0.4 is 5.32 Å². The molecule has 0 aliphatic heterocycles. The smallest absolute Gasteiger partial charge is 0.255 e. The molecule has 0 saturated heterocycles. The number of thiophene rings is 1. The number of carbonyl (C=O) groups excluding carboxylic acids is 1. The van der Waals surface area contributed by atoms with Crippen molar-refractivity contribution in [3.05, 3.63) is 58.1 Å². The van der Waals surface area contributed by atoms with E-state index in [1.807, 2.05) is 19.9 Å². The van der Waals surface area contributed by atoms with Crippen molar-refractivity contribution < 1.29 is 13.6 Å². The Hall–Kier alpha value is -2.34. The van der Waals surface area contributed by atoms with Gasteiger partial charge in [-0.05, 0) is 43.7 Å². The molecule has 0 spiro atoms. The fraction of sp³-hybridized carbons (Fsp3) is 0.125. The average Bonchev–Trinajstić information content (AvgIpc) is 2.84. The fourth-order valence-corrected chi connectivity index (χ4v) is 3.30. The van der Waals surface area contributed by atoms with Crippen molar-refractivity contribution >= 4 is 33.1 Å². The minimum Gasteiger partial charge on any atom is -0.321 e. The summed E-state index contributed by atoms with van der Waals surface area (Å²) >= 11 is 1.43. The number of aryl methyl sites for hydroxylation is 2. The molecule has 6 heteroatoms. The third kappa shape index (κ3) is 2.57. The first-order valence-corrected chi connectivity index (χ1v) is 7.45. The minimum absolute atomic E-state index is 0.0657. The van der Waals surface area contributed by atoms with E-state index in [9.17, 15) is 13.6 Å². The zero-order valence-electron chi connectivity index (χ0n) is 11.9. The third-order valence-corrected chi connectivity index (χ3v) is 4.17. The molecule has 2 aromatic heterocycles. The molecule has 3 rings (SSSR count). The maximum absolute atomic E-state index is 13.2. The highest BCUT2D eigenvalue weighted by Crippen LogP contribution is 2.32. The molecule has 22 heavy (non-hydrogen) atoms. The van der Waals surface area contributed by atoms with Crippen molar-refractivity contribution in [2.24, 2.45) is 0 Å². The molecule has 3 nitrogen and oxygen atoms in total. The molecule has 0 fully saturated rings. The first-order valence-electron chi connectivity index (χ1n) is 6.57. The van der Waals surface area contributed by atoms with Gasteiger partial charge in [0.05, 0.1) is 5.69 Å². The predicted octanol–water partition coefficient (Wildman–Crippen LogP) is 4.44. The molecule has 1 amide bonds. The van der Waals surface area contributed by atoms with Crippen LogP contribution >= 0.6 is 11.3 Å². The first kappa shape index (κ1) is 14.6. The summed E-state index contributed by atoms with van der Waals surface area (Å²) < 4.78 is 26.1. The lowest BCUT2D eigenvalue weighted by Crippen LogP contribution is -2.12. The second-order valence-electron chi connectivity index (χ2n) is 4.99. The number of fused-ring (bicyclic) bond motifs is 1. The van der Waals surface area contributed by atoms with Crippen molar-refractivity contribution in [3.63, 3.8) is 0 Å². The van der Waals surface area contributed by atoms with Crippen LogP contribution in [0.25, 0.3) is 10.2 Å². The Labute approximate surface area is 129 Å². The number of aromatic nitrogens is 1. The van der Waals surface area contributed by atoms with Crippen LogP contribution in [0.15, 0.2) is 29.6 Å². The highest BCUT2D eigenvalue weighted by molar-refractivity contribution is 7.17. The Morgan fingerprint density at radius 1 is 1.18 bits per heavy atom. The standard InChI is InChI=1S/C16H12F2N2OS/c1-8-5-9(2)19-16-14(8)13(7-22-16)20-15(21)10-3-4-11(17)12(18)6-10/h3-7H,1-2H3,(H,20,21). The number of carbonyl (C=O) groups is 1. The van der Waals surface area contributed by atoms with E-state index in [0.29, 0.717) is 5.69 Å². The Balaban J connectivity index is 1.96. The van der Waals surface area contributed by atoms with E-state index in [4.69, 9.17) is 0 Å². The number of hydrogen-bond acceptors (Lipinski definition) is 3. The van der Waals surface area contributed by atoms with Crippen molar-refractivity contribution in [2.75, 3.05) is 5.32 Å². The highest BCUT2D eigenvalue weighted by Gasteiger charge is 2.14. The predicted molar refractivity (Wildman–Crippen MR) is 83.4 cm³/mol. The second kappa shape index (κ2) is 5.46. The van der Waals surface area contributed by atoms with Crippen LogP contribution in [0.3, 0.4) is 0 Å². The van der Waals surface area contributed by atoms with Crippen LogP contribution in [0.2, 0.25) is 0 Å². The van der Waals surface area contributed by atoms with Crippen molar-refractivity contribution in [2.45, 2.75) is 13.8 Å². The number of rotatable bonds is 2. The lowest BCUT2D eigenvalue weighted by Gasteiger charge is -2.06. The monoisotopic (exact) mass is 318 g/mol. The van der Waals surface area contributed by atoms with Gasteiger partial charge >= 0.3 is 0 Å². The summed E-state index contributed by atoms with van der Waals surface area (Å²) in [7, 11) is 0. The summed E-state index contributed by atoms with van der Waals surface area (Å²) in [5.41, 5.74) is 2.60. The largest absolute Gasteiger partial charge is 0.321 e. The van der Waals surface area contributed by atoms with Crippen LogP contribution in [0.1, 0.15) is 21.6 Å². The molecular weight excluding hydrogens is 306 g/mol. The zero-order valence-corrected chi connectivity index (χ0v) is 12.7. The summed E-state index contributed by atoms with van der Waals surface area (Å²) in [4.78, 5) is 17.4. The number of halogens is 2. The van der Waals surface area contributed by atoms with Gasteiger partial charge in [-0.1, -0.05) is 0 Å². The Bertz CT molecular complexity index is 889. The van der Waals surface area contributed by atoms with Gasteiger partial charge in [0, 0.05) is 22.0 Å². The molecule has 0 aliphatic rings. The summed E-state index contributed by atoms with van der Waals surface area (Å²) in [6, 6.07) is 5.00. The molecule has 1 aromatic carbocycles. The van der Waals surface area contributed by atoms with Crippen LogP contribution in [0.4, 0.5) is 14.5 Å². The normalized spacial score (nSPS) is 10.9. The summed E-state index contributed by atoms with van der Waals surface area (Å²) in [5, 5.41) is 5.39. The van der Waals surface area contributed by atoms with Gasteiger partial charge in [0.25, 0.3) is 5.91 Å². The topological polar surface area (TPSA) is 42.0 Å². The van der Waals surface area contributed by atoms with Crippen LogP contribution in [0, 0.1) is 25.5 Å². The van der Waals surface area contributed by atoms with Crippen molar-refractivity contribution in [1.29, 1.82) is 0 Å². The minimum atomic E-state index is -1.05. The van der Waals surface area contributed by atoms with Crippen molar-refractivity contribution in [1.82, 2.24) is 4.98 Å². The van der Waals surface area contributed by atoms with E-state index in [2.05, 4.69) is 10.3 Å². The molecular formula is C16H12F2N2OS. The number of pyridine rings is 1. The van der Waals surface area contributed by atoms with Crippen LogP contribution in [-0.4, -0.2) is 10.9 Å². The van der Waals surface area contributed by atoms with E-state index < -0.39 is 17.5 Å². The molecule has 0 aliphatic carbocycles. The van der Waals surface area contributed by atoms with Crippen LogP contribution in [0.5, 0.6) is 0 Å². The molecule has 0 atom stereocenters. The number of nitrogens with one attached hydrogen (secondary N) is 1. The maximum atomic E-state index is 13.2. The molecule has 112 valence electrons. The average molecular weight is 318 g/mol. The van der Waals surface area contributed by atoms with E-state index >= 15 is 0 Å². The van der Waals surface area contributed by atoms with Gasteiger partial charge in [0.2, 0.25) is 0 Å². The molecule has 0 unspecified atom stereocenters. The van der Waals surface area contributed by atoms with Gasteiger partial charge in [0.15, 0.2) is 11.6 Å². The second-order valence-corrected chi connectivity index (χ2v) is 5.85. The molecule has 0 radical (unpaired) electrons. The van der Waals surface area contributed by atoms with Gasteiger partial charge in [-0.25, -0.2) is 13.8 Å². The van der Waals surface area contributed by atoms with Crippen LogP contribution in [-0.2, 0) is 0 Å². The van der Waals surface area contributed by atoms with E-state index in [-0.39, 0.29) is 5.56 Å². The molecule has 2 heterocycles. The number of nitrogens with zero attached hydrogens (tertiary/aromatic N) is 1. The SMILES string of the molecule is Cc1cc(C)c2c(NC(=O)c3ccc(F)c(F)c3)csc2n1. The molecule has 3 aromatic rings. The highest BCUT2D eigenvalue weighted by atomic mass is 32.1. The number of hydrogen-bond donors (Lipinski definition) is 1. The van der Waals surface area contributed by atoms with Gasteiger partial charge in [-0.3, -0.25) is 4.79 Å². The fourth-order valence-electron chi connectivity index (χ4n) is 2.31. The first-order chi connectivity index (χ1) is 10.5. The number of benzene rings is 1. The summed E-state index contributed by atoms with van der Waals surface area (Å²) in [6.07, 6.45) is 0. The molecule has 0 bridgehead atoms.